The van der Waals surface area contributed by atoms with Crippen LogP contribution in [-0.2, 0) is 9.53 Å². The first-order valence-corrected chi connectivity index (χ1v) is 8.15. The van der Waals surface area contributed by atoms with E-state index in [-0.39, 0.29) is 17.5 Å². The highest BCUT2D eigenvalue weighted by atomic mass is 35.5. The maximum Gasteiger partial charge on any atom is 0.350 e. The van der Waals surface area contributed by atoms with E-state index in [2.05, 4.69) is 11.6 Å². The van der Waals surface area contributed by atoms with Gasteiger partial charge in [0.2, 0.25) is 0 Å². The zero-order chi connectivity index (χ0) is 19.3. The van der Waals surface area contributed by atoms with Gasteiger partial charge in [0, 0.05) is 6.20 Å². The van der Waals surface area contributed by atoms with Crippen LogP contribution in [0.1, 0.15) is 20.8 Å². The first kappa shape index (κ1) is 19.7. The van der Waals surface area contributed by atoms with E-state index >= 15 is 0 Å². The summed E-state index contributed by atoms with van der Waals surface area (Å²) in [6, 6.07) is 7.44. The molecule has 0 aliphatic heterocycles. The Balaban J connectivity index is 2.02. The Labute approximate surface area is 156 Å². The van der Waals surface area contributed by atoms with Crippen molar-refractivity contribution in [2.24, 2.45) is 0 Å². The second-order valence-corrected chi connectivity index (χ2v) is 6.60. The lowest BCUT2D eigenvalue weighted by Crippen LogP contribution is -2.39. The van der Waals surface area contributed by atoms with Gasteiger partial charge in [0.25, 0.3) is 5.88 Å². The summed E-state index contributed by atoms with van der Waals surface area (Å²) in [6.07, 6.45) is 1.29. The molecule has 5 nitrogen and oxygen atoms in total. The standard InChI is InChI=1S/C19H19ClFNO4/c1-12(2)11-24-18(23)19(3,4)26-15-7-5-14(6-8-15)25-17-16(21)9-13(20)10-22-17/h5-10H,1,11H2,2-4H3. The minimum absolute atomic E-state index is 0.137. The number of pyridine rings is 1. The Bertz CT molecular complexity index is 806. The lowest BCUT2D eigenvalue weighted by molar-refractivity contribution is -0.158. The van der Waals surface area contributed by atoms with E-state index in [0.717, 1.165) is 11.6 Å². The van der Waals surface area contributed by atoms with E-state index < -0.39 is 17.4 Å². The average Bonchev–Trinajstić information content (AvgIpc) is 2.56. The maximum absolute atomic E-state index is 13.7. The molecule has 0 aliphatic carbocycles. The van der Waals surface area contributed by atoms with Gasteiger partial charge in [0.1, 0.15) is 18.1 Å². The van der Waals surface area contributed by atoms with Crippen molar-refractivity contribution in [2.75, 3.05) is 6.61 Å². The largest absolute Gasteiger partial charge is 0.476 e. The summed E-state index contributed by atoms with van der Waals surface area (Å²) in [7, 11) is 0. The summed E-state index contributed by atoms with van der Waals surface area (Å²) in [5.74, 6) is -0.577. The lowest BCUT2D eigenvalue weighted by atomic mass is 10.1. The predicted octanol–water partition coefficient (Wildman–Crippen LogP) is 4.94. The molecule has 0 N–H and O–H groups in total. The number of hydrogen-bond acceptors (Lipinski definition) is 5. The van der Waals surface area contributed by atoms with Crippen LogP contribution in [0.3, 0.4) is 0 Å². The first-order valence-electron chi connectivity index (χ1n) is 7.77. The zero-order valence-electron chi connectivity index (χ0n) is 14.7. The van der Waals surface area contributed by atoms with Crippen molar-refractivity contribution in [3.05, 3.63) is 59.5 Å². The Morgan fingerprint density at radius 3 is 2.46 bits per heavy atom. The molecule has 0 bridgehead atoms. The van der Waals surface area contributed by atoms with Crippen LogP contribution in [0.2, 0.25) is 5.02 Å². The number of carbonyl (C=O) groups is 1. The molecular formula is C19H19ClFNO4. The van der Waals surface area contributed by atoms with E-state index in [9.17, 15) is 9.18 Å². The SMILES string of the molecule is C=C(C)COC(=O)C(C)(C)Oc1ccc(Oc2ncc(Cl)cc2F)cc1. The van der Waals surface area contributed by atoms with Crippen LogP contribution >= 0.6 is 11.6 Å². The number of carbonyl (C=O) groups excluding carboxylic acids is 1. The predicted molar refractivity (Wildman–Crippen MR) is 96.2 cm³/mol. The van der Waals surface area contributed by atoms with Crippen LogP contribution in [0.15, 0.2) is 48.7 Å². The number of nitrogens with zero attached hydrogens (tertiary/aromatic N) is 1. The molecule has 2 aromatic rings. The summed E-state index contributed by atoms with van der Waals surface area (Å²) >= 11 is 5.65. The third-order valence-electron chi connectivity index (χ3n) is 3.13. The Morgan fingerprint density at radius 2 is 1.88 bits per heavy atom. The van der Waals surface area contributed by atoms with Crippen molar-refractivity contribution in [3.63, 3.8) is 0 Å². The first-order chi connectivity index (χ1) is 12.2. The van der Waals surface area contributed by atoms with Gasteiger partial charge < -0.3 is 14.2 Å². The maximum atomic E-state index is 13.7. The quantitative estimate of drug-likeness (QED) is 0.503. The molecule has 7 heteroatoms. The van der Waals surface area contributed by atoms with Gasteiger partial charge in [-0.25, -0.2) is 14.2 Å². The fourth-order valence-electron chi connectivity index (χ4n) is 1.86. The normalized spacial score (nSPS) is 11.0. The van der Waals surface area contributed by atoms with Crippen molar-refractivity contribution in [1.29, 1.82) is 0 Å². The van der Waals surface area contributed by atoms with Crippen LogP contribution in [0.4, 0.5) is 4.39 Å². The summed E-state index contributed by atoms with van der Waals surface area (Å²) in [4.78, 5) is 15.9. The fourth-order valence-corrected chi connectivity index (χ4v) is 2.01. The summed E-state index contributed by atoms with van der Waals surface area (Å²) in [6.45, 7) is 8.78. The molecule has 0 saturated heterocycles. The van der Waals surface area contributed by atoms with Gasteiger partial charge in [-0.3, -0.25) is 0 Å². The molecule has 0 saturated carbocycles. The number of rotatable bonds is 7. The number of benzene rings is 1. The molecule has 1 aromatic carbocycles. The van der Waals surface area contributed by atoms with Gasteiger partial charge in [-0.15, -0.1) is 0 Å². The second-order valence-electron chi connectivity index (χ2n) is 6.16. The van der Waals surface area contributed by atoms with E-state index in [4.69, 9.17) is 25.8 Å². The lowest BCUT2D eigenvalue weighted by Gasteiger charge is -2.24. The average molecular weight is 380 g/mol. The Hall–Kier alpha value is -2.60. The molecular weight excluding hydrogens is 361 g/mol. The van der Waals surface area contributed by atoms with Gasteiger partial charge in [0.05, 0.1) is 5.02 Å². The minimum Gasteiger partial charge on any atom is -0.476 e. The third kappa shape index (κ3) is 5.46. The number of halogens is 2. The van der Waals surface area contributed by atoms with E-state index in [0.29, 0.717) is 11.5 Å². The number of ether oxygens (including phenoxy) is 3. The second kappa shape index (κ2) is 8.19. The van der Waals surface area contributed by atoms with Crippen molar-refractivity contribution in [3.8, 4) is 17.4 Å². The van der Waals surface area contributed by atoms with Gasteiger partial charge in [0.15, 0.2) is 11.4 Å². The fraction of sp³-hybridized carbons (Fsp3) is 0.263. The van der Waals surface area contributed by atoms with Crippen molar-refractivity contribution in [1.82, 2.24) is 4.98 Å². The molecule has 1 aromatic heterocycles. The highest BCUT2D eigenvalue weighted by Gasteiger charge is 2.31. The number of hydrogen-bond donors (Lipinski definition) is 0. The third-order valence-corrected chi connectivity index (χ3v) is 3.33. The molecule has 26 heavy (non-hydrogen) atoms. The van der Waals surface area contributed by atoms with Gasteiger partial charge in [-0.2, -0.15) is 0 Å². The van der Waals surface area contributed by atoms with Gasteiger partial charge in [-0.1, -0.05) is 18.2 Å². The molecule has 0 spiro atoms. The molecule has 0 fully saturated rings. The molecule has 0 unspecified atom stereocenters. The number of esters is 1. The van der Waals surface area contributed by atoms with Crippen molar-refractivity contribution in [2.45, 2.75) is 26.4 Å². The molecule has 138 valence electrons. The monoisotopic (exact) mass is 379 g/mol. The Morgan fingerprint density at radius 1 is 1.27 bits per heavy atom. The number of aromatic nitrogens is 1. The van der Waals surface area contributed by atoms with Crippen LogP contribution in [-0.4, -0.2) is 23.2 Å². The minimum atomic E-state index is -1.18. The molecule has 0 amide bonds. The topological polar surface area (TPSA) is 57.7 Å². The summed E-state index contributed by atoms with van der Waals surface area (Å²) < 4.78 is 29.9. The van der Waals surface area contributed by atoms with Gasteiger partial charge in [-0.05, 0) is 56.7 Å². The highest BCUT2D eigenvalue weighted by molar-refractivity contribution is 6.30. The highest BCUT2D eigenvalue weighted by Crippen LogP contribution is 2.27. The van der Waals surface area contributed by atoms with E-state index in [1.807, 2.05) is 0 Å². The summed E-state index contributed by atoms with van der Waals surface area (Å²) in [5, 5.41) is 0.180. The van der Waals surface area contributed by atoms with Crippen molar-refractivity contribution < 1.29 is 23.4 Å². The van der Waals surface area contributed by atoms with Crippen LogP contribution in [0.5, 0.6) is 17.4 Å². The van der Waals surface area contributed by atoms with E-state index in [1.165, 1.54) is 6.20 Å². The molecule has 0 aliphatic rings. The molecule has 2 rings (SSSR count). The van der Waals surface area contributed by atoms with Crippen LogP contribution in [0, 0.1) is 5.82 Å². The molecule has 1 heterocycles. The van der Waals surface area contributed by atoms with Crippen LogP contribution in [0.25, 0.3) is 0 Å². The van der Waals surface area contributed by atoms with Gasteiger partial charge >= 0.3 is 5.97 Å². The Kier molecular flexibility index (Phi) is 6.21. The van der Waals surface area contributed by atoms with E-state index in [1.54, 1.807) is 45.0 Å². The van der Waals surface area contributed by atoms with Crippen molar-refractivity contribution >= 4 is 17.6 Å². The molecule has 0 radical (unpaired) electrons. The molecule has 0 atom stereocenters. The summed E-state index contributed by atoms with van der Waals surface area (Å²) in [5.41, 5.74) is -0.444. The smallest absolute Gasteiger partial charge is 0.350 e. The van der Waals surface area contributed by atoms with Crippen LogP contribution < -0.4 is 9.47 Å². The zero-order valence-corrected chi connectivity index (χ0v) is 15.5.